The Balaban J connectivity index is 1.51. The summed E-state index contributed by atoms with van der Waals surface area (Å²) in [6.07, 6.45) is 5.29. The molecule has 1 aliphatic heterocycles. The molecule has 3 rings (SSSR count). The summed E-state index contributed by atoms with van der Waals surface area (Å²) in [6.45, 7) is 1.46. The number of esters is 1. The Morgan fingerprint density at radius 3 is 2.81 bits per heavy atom. The second kappa shape index (κ2) is 8.77. The van der Waals surface area contributed by atoms with Crippen molar-refractivity contribution in [3.63, 3.8) is 0 Å². The zero-order valence-corrected chi connectivity index (χ0v) is 15.1. The van der Waals surface area contributed by atoms with Crippen LogP contribution in [0.1, 0.15) is 24.0 Å². The Bertz CT molecular complexity index is 767. The summed E-state index contributed by atoms with van der Waals surface area (Å²) in [5.74, 6) is -0.226. The highest BCUT2D eigenvalue weighted by molar-refractivity contribution is 8.18. The Hall–Kier alpha value is -2.45. The number of amides is 1. The number of ether oxygens (including phenoxy) is 2. The maximum Gasteiger partial charge on any atom is 0.331 e. The van der Waals surface area contributed by atoms with Crippen LogP contribution in [0.3, 0.4) is 0 Å². The van der Waals surface area contributed by atoms with E-state index in [0.717, 1.165) is 41.5 Å². The fourth-order valence-corrected chi connectivity index (χ4v) is 2.86. The zero-order valence-electron chi connectivity index (χ0n) is 14.3. The molecule has 2 fully saturated rings. The first kappa shape index (κ1) is 18.3. The van der Waals surface area contributed by atoms with Crippen molar-refractivity contribution in [1.29, 1.82) is 0 Å². The van der Waals surface area contributed by atoms with Gasteiger partial charge in [-0.3, -0.25) is 10.1 Å². The summed E-state index contributed by atoms with van der Waals surface area (Å²) in [5.41, 5.74) is 2.00. The summed E-state index contributed by atoms with van der Waals surface area (Å²) < 4.78 is 10.1. The highest BCUT2D eigenvalue weighted by Crippen LogP contribution is 2.29. The molecule has 0 aromatic heterocycles. The van der Waals surface area contributed by atoms with E-state index in [1.165, 1.54) is 20.0 Å². The van der Waals surface area contributed by atoms with E-state index in [9.17, 15) is 9.59 Å². The number of nitrogens with one attached hydrogen (secondary N) is 1. The van der Waals surface area contributed by atoms with Gasteiger partial charge in [0.15, 0.2) is 5.17 Å². The van der Waals surface area contributed by atoms with E-state index in [2.05, 4.69) is 20.3 Å². The topological polar surface area (TPSA) is 89.3 Å². The van der Waals surface area contributed by atoms with Crippen LogP contribution >= 0.6 is 11.8 Å². The summed E-state index contributed by atoms with van der Waals surface area (Å²) in [4.78, 5) is 23.1. The molecule has 2 aliphatic rings. The van der Waals surface area contributed by atoms with Crippen LogP contribution in [0, 0.1) is 5.92 Å². The molecule has 1 heterocycles. The van der Waals surface area contributed by atoms with Gasteiger partial charge in [-0.25, -0.2) is 4.79 Å². The second-order valence-electron chi connectivity index (χ2n) is 5.94. The van der Waals surface area contributed by atoms with Crippen LogP contribution in [0.4, 0.5) is 0 Å². The van der Waals surface area contributed by atoms with E-state index >= 15 is 0 Å². The van der Waals surface area contributed by atoms with E-state index < -0.39 is 11.9 Å². The number of methoxy groups -OCH3 is 1. The van der Waals surface area contributed by atoms with Crippen molar-refractivity contribution in [2.45, 2.75) is 19.4 Å². The van der Waals surface area contributed by atoms with Crippen molar-refractivity contribution in [3.05, 3.63) is 46.4 Å². The maximum absolute atomic E-state index is 11.7. The van der Waals surface area contributed by atoms with Gasteiger partial charge in [-0.05, 0) is 41.6 Å². The first-order valence-corrected chi connectivity index (χ1v) is 9.02. The second-order valence-corrected chi connectivity index (χ2v) is 6.97. The van der Waals surface area contributed by atoms with Crippen molar-refractivity contribution < 1.29 is 19.1 Å². The van der Waals surface area contributed by atoms with Crippen LogP contribution in [0.5, 0.6) is 0 Å². The summed E-state index contributed by atoms with van der Waals surface area (Å²) >= 11 is 1.04. The van der Waals surface area contributed by atoms with Gasteiger partial charge < -0.3 is 9.47 Å². The van der Waals surface area contributed by atoms with Gasteiger partial charge in [0.2, 0.25) is 0 Å². The van der Waals surface area contributed by atoms with Crippen LogP contribution in [0.2, 0.25) is 0 Å². The van der Waals surface area contributed by atoms with Gasteiger partial charge in [0, 0.05) is 12.7 Å². The number of hydrogen-bond donors (Lipinski definition) is 1. The third kappa shape index (κ3) is 5.53. The molecule has 1 amide bonds. The third-order valence-electron chi connectivity index (χ3n) is 3.76. The number of carbonyl (C=O) groups is 2. The van der Waals surface area contributed by atoms with Gasteiger partial charge in [0.05, 0.1) is 24.8 Å². The lowest BCUT2D eigenvalue weighted by atomic mass is 10.1. The van der Waals surface area contributed by atoms with E-state index in [1.54, 1.807) is 6.21 Å². The minimum absolute atomic E-state index is 0.223. The van der Waals surface area contributed by atoms with Crippen molar-refractivity contribution in [1.82, 2.24) is 5.32 Å². The number of amidine groups is 1. The molecular weight excluding hydrogens is 354 g/mol. The summed E-state index contributed by atoms with van der Waals surface area (Å²) in [7, 11) is 1.25. The van der Waals surface area contributed by atoms with Gasteiger partial charge in [-0.1, -0.05) is 24.3 Å². The molecule has 0 spiro atoms. The lowest BCUT2D eigenvalue weighted by Crippen LogP contribution is -2.19. The van der Waals surface area contributed by atoms with Crippen molar-refractivity contribution in [2.75, 3.05) is 13.7 Å². The number of thioether (sulfide) groups is 1. The Morgan fingerprint density at radius 2 is 2.12 bits per heavy atom. The molecule has 1 N–H and O–H groups in total. The largest absolute Gasteiger partial charge is 0.466 e. The van der Waals surface area contributed by atoms with Crippen molar-refractivity contribution in [2.24, 2.45) is 16.1 Å². The number of benzene rings is 1. The molecule has 8 heteroatoms. The fourth-order valence-electron chi connectivity index (χ4n) is 2.12. The summed E-state index contributed by atoms with van der Waals surface area (Å²) in [5, 5.41) is 10.8. The first-order valence-electron chi connectivity index (χ1n) is 8.20. The van der Waals surface area contributed by atoms with Crippen LogP contribution in [0.25, 0.3) is 0 Å². The normalized spacial score (nSPS) is 20.1. The molecule has 0 unspecified atom stereocenters. The average molecular weight is 373 g/mol. The van der Waals surface area contributed by atoms with Crippen LogP contribution in [-0.4, -0.2) is 37.0 Å². The molecular formula is C18H19N3O4S. The Labute approximate surface area is 155 Å². The van der Waals surface area contributed by atoms with Crippen molar-refractivity contribution in [3.8, 4) is 0 Å². The highest BCUT2D eigenvalue weighted by Gasteiger charge is 2.25. The monoisotopic (exact) mass is 373 g/mol. The zero-order chi connectivity index (χ0) is 18.4. The van der Waals surface area contributed by atoms with Crippen molar-refractivity contribution >= 4 is 35.0 Å². The van der Waals surface area contributed by atoms with E-state index in [1.807, 2.05) is 24.3 Å². The van der Waals surface area contributed by atoms with Gasteiger partial charge in [0.25, 0.3) is 5.91 Å². The Morgan fingerprint density at radius 1 is 1.35 bits per heavy atom. The minimum atomic E-state index is -0.589. The predicted molar refractivity (Wildman–Crippen MR) is 99.7 cm³/mol. The third-order valence-corrected chi connectivity index (χ3v) is 4.66. The first-order chi connectivity index (χ1) is 12.6. The standard InChI is InChI=1S/C18H19N3O4S/c1-24-16(22)8-15-17(23)20-18(26-15)21-19-9-12-2-4-13(5-3-12)10-25-11-14-6-7-14/h2-5,8-9,14H,6-7,10-11H2,1H3,(H,20,21,23)/b15-8+,19-9?. The quantitative estimate of drug-likeness (QED) is 0.343. The van der Waals surface area contributed by atoms with Gasteiger partial charge >= 0.3 is 5.97 Å². The number of rotatable bonds is 7. The predicted octanol–water partition coefficient (Wildman–Crippen LogP) is 2.22. The lowest BCUT2D eigenvalue weighted by Gasteiger charge is -2.03. The molecule has 7 nitrogen and oxygen atoms in total. The van der Waals surface area contributed by atoms with E-state index in [-0.39, 0.29) is 4.91 Å². The summed E-state index contributed by atoms with van der Waals surface area (Å²) in [6, 6.07) is 7.85. The molecule has 1 aromatic carbocycles. The SMILES string of the molecule is COC(=O)/C=C1/S/C(=N\N=Cc2ccc(COCC3CC3)cc2)NC1=O. The Kier molecular flexibility index (Phi) is 6.19. The highest BCUT2D eigenvalue weighted by atomic mass is 32.2. The molecule has 1 aromatic rings. The molecule has 1 saturated carbocycles. The van der Waals surface area contributed by atoms with Gasteiger partial charge in [-0.15, -0.1) is 5.10 Å². The van der Waals surface area contributed by atoms with Gasteiger partial charge in [-0.2, -0.15) is 5.10 Å². The molecule has 0 radical (unpaired) electrons. The van der Waals surface area contributed by atoms with Gasteiger partial charge in [0.1, 0.15) is 0 Å². The molecule has 1 aliphatic carbocycles. The molecule has 0 atom stereocenters. The van der Waals surface area contributed by atoms with Crippen LogP contribution < -0.4 is 5.32 Å². The van der Waals surface area contributed by atoms with E-state index in [4.69, 9.17) is 4.74 Å². The molecule has 26 heavy (non-hydrogen) atoms. The maximum atomic E-state index is 11.7. The molecule has 0 bridgehead atoms. The molecule has 1 saturated heterocycles. The smallest absolute Gasteiger partial charge is 0.331 e. The van der Waals surface area contributed by atoms with Crippen LogP contribution in [0.15, 0.2) is 45.4 Å². The van der Waals surface area contributed by atoms with E-state index in [0.29, 0.717) is 11.8 Å². The lowest BCUT2D eigenvalue weighted by molar-refractivity contribution is -0.135. The number of nitrogens with zero attached hydrogens (tertiary/aromatic N) is 2. The molecule has 136 valence electrons. The minimum Gasteiger partial charge on any atom is -0.466 e. The average Bonchev–Trinajstić information content (AvgIpc) is 3.40. The fraction of sp³-hybridized carbons (Fsp3) is 0.333. The van der Waals surface area contributed by atoms with Crippen LogP contribution in [-0.2, 0) is 25.7 Å². The number of carbonyl (C=O) groups excluding carboxylic acids is 2. The number of hydrogen-bond acceptors (Lipinski definition) is 7.